The van der Waals surface area contributed by atoms with E-state index in [0.29, 0.717) is 0 Å². The van der Waals surface area contributed by atoms with Gasteiger partial charge in [0.15, 0.2) is 5.69 Å². The van der Waals surface area contributed by atoms with Crippen molar-refractivity contribution >= 4 is 5.91 Å². The number of pyridine rings is 1. The number of amides is 1. The second kappa shape index (κ2) is 6.26. The quantitative estimate of drug-likeness (QED) is 0.703. The lowest BCUT2D eigenvalue weighted by atomic mass is 10.0. The number of nitrogens with zero attached hydrogens (tertiary/aromatic N) is 4. The Morgan fingerprint density at radius 1 is 1.46 bits per heavy atom. The van der Waals surface area contributed by atoms with E-state index >= 15 is 0 Å². The van der Waals surface area contributed by atoms with Crippen LogP contribution in [0.5, 0.6) is 0 Å². The van der Waals surface area contributed by atoms with Gasteiger partial charge in [-0.1, -0.05) is 0 Å². The fourth-order valence-corrected chi connectivity index (χ4v) is 2.86. The maximum Gasteiger partial charge on any atom is 0.276 e. The smallest absolute Gasteiger partial charge is 0.276 e. The number of oxazole rings is 1. The van der Waals surface area contributed by atoms with E-state index in [2.05, 4.69) is 15.2 Å². The summed E-state index contributed by atoms with van der Waals surface area (Å²) < 4.78 is 6.78. The van der Waals surface area contributed by atoms with Crippen molar-refractivity contribution < 1.29 is 14.3 Å². The molecule has 1 aliphatic heterocycles. The molecule has 0 bridgehead atoms. The molecule has 0 spiro atoms. The summed E-state index contributed by atoms with van der Waals surface area (Å²) in [5, 5.41) is 16.1. The number of H-pyrrole nitrogens is 1. The number of hydrogen-bond acceptors (Lipinski definition) is 6. The molecule has 4 heterocycles. The maximum atomic E-state index is 12.3. The van der Waals surface area contributed by atoms with Gasteiger partial charge in [0, 0.05) is 30.6 Å². The number of carbonyl (C=O) groups is 1. The van der Waals surface area contributed by atoms with Gasteiger partial charge < -0.3 is 19.0 Å². The van der Waals surface area contributed by atoms with Crippen LogP contribution in [0.4, 0.5) is 0 Å². The Hall–Kier alpha value is -3.20. The second-order valence-electron chi connectivity index (χ2n) is 6.26. The predicted molar refractivity (Wildman–Crippen MR) is 90.4 cm³/mol. The third-order valence-corrected chi connectivity index (χ3v) is 4.60. The number of rotatable bonds is 4. The van der Waals surface area contributed by atoms with Gasteiger partial charge in [0.25, 0.3) is 11.5 Å². The van der Waals surface area contributed by atoms with E-state index in [1.54, 1.807) is 31.6 Å². The number of β-amino-alcohol motifs (C(OH)–C–C–N with tert-alkyl or cyclic N) is 1. The van der Waals surface area contributed by atoms with E-state index in [-0.39, 0.29) is 42.2 Å². The zero-order valence-corrected chi connectivity index (χ0v) is 14.0. The van der Waals surface area contributed by atoms with Crippen molar-refractivity contribution in [2.24, 2.45) is 0 Å². The van der Waals surface area contributed by atoms with Crippen LogP contribution in [0.3, 0.4) is 0 Å². The zero-order chi connectivity index (χ0) is 18.3. The number of aromatic amines is 1. The fourth-order valence-electron chi connectivity index (χ4n) is 2.86. The Labute approximate surface area is 147 Å². The second-order valence-corrected chi connectivity index (χ2v) is 6.26. The average molecular weight is 355 g/mol. The summed E-state index contributed by atoms with van der Waals surface area (Å²) in [5.74, 6) is -0.0271. The Kier molecular flexibility index (Phi) is 3.92. The molecule has 9 nitrogen and oxygen atoms in total. The Morgan fingerprint density at radius 2 is 2.31 bits per heavy atom. The zero-order valence-electron chi connectivity index (χ0n) is 14.0. The molecule has 2 N–H and O–H groups in total. The van der Waals surface area contributed by atoms with Crippen molar-refractivity contribution in [2.45, 2.75) is 25.6 Å². The molecular weight excluding hydrogens is 338 g/mol. The summed E-state index contributed by atoms with van der Waals surface area (Å²) in [4.78, 5) is 30.3. The molecule has 4 rings (SSSR count). The van der Waals surface area contributed by atoms with Crippen molar-refractivity contribution in [1.29, 1.82) is 0 Å². The predicted octanol–water partition coefficient (Wildman–Crippen LogP) is 0.480. The molecular formula is C17H17N5O4. The summed E-state index contributed by atoms with van der Waals surface area (Å²) in [6, 6.07) is 3.06. The van der Waals surface area contributed by atoms with Crippen molar-refractivity contribution in [2.75, 3.05) is 6.54 Å². The highest BCUT2D eigenvalue weighted by atomic mass is 16.3. The number of nitrogens with one attached hydrogen (secondary N) is 1. The largest absolute Gasteiger partial charge is 0.446 e. The highest BCUT2D eigenvalue weighted by molar-refractivity contribution is 5.92. The molecule has 3 aromatic rings. The first kappa shape index (κ1) is 16.3. The van der Waals surface area contributed by atoms with E-state index in [1.807, 2.05) is 0 Å². The summed E-state index contributed by atoms with van der Waals surface area (Å²) in [5.41, 5.74) is 1.54. The number of aliphatic hydroxyl groups is 1. The number of aliphatic hydroxyl groups excluding tert-OH is 1. The van der Waals surface area contributed by atoms with E-state index in [0.717, 1.165) is 11.1 Å². The minimum absolute atomic E-state index is 0.121. The summed E-state index contributed by atoms with van der Waals surface area (Å²) in [7, 11) is 0. The Balaban J connectivity index is 1.49. The standard InChI is InChI=1S/C17H17N5O4/c1-10-14(23)7-22(10)17(25)13-9-26-15(20-13)8-21-3-2-11(4-16(21)24)12-5-18-19-6-12/h2-6,9-10,14,23H,7-8H2,1H3,(H,18,19)/t10-,14-/m0/s1. The number of carbonyl (C=O) groups excluding carboxylic acids is 1. The Bertz CT molecular complexity index is 991. The minimum atomic E-state index is -0.502. The van der Waals surface area contributed by atoms with Gasteiger partial charge in [-0.05, 0) is 18.6 Å². The number of hydrogen-bond donors (Lipinski definition) is 2. The molecule has 3 aromatic heterocycles. The minimum Gasteiger partial charge on any atom is -0.446 e. The lowest BCUT2D eigenvalue weighted by Crippen LogP contribution is -2.60. The third kappa shape index (κ3) is 2.82. The Morgan fingerprint density at radius 3 is 2.96 bits per heavy atom. The monoisotopic (exact) mass is 355 g/mol. The highest BCUT2D eigenvalue weighted by Gasteiger charge is 2.38. The van der Waals surface area contributed by atoms with E-state index in [1.165, 1.54) is 21.8 Å². The van der Waals surface area contributed by atoms with Gasteiger partial charge >= 0.3 is 0 Å². The first-order valence-electron chi connectivity index (χ1n) is 8.16. The van der Waals surface area contributed by atoms with Gasteiger partial charge in [-0.2, -0.15) is 5.10 Å². The summed E-state index contributed by atoms with van der Waals surface area (Å²) in [6.45, 7) is 2.18. The van der Waals surface area contributed by atoms with Crippen molar-refractivity contribution in [3.8, 4) is 11.1 Å². The van der Waals surface area contributed by atoms with Crippen molar-refractivity contribution in [3.05, 3.63) is 58.9 Å². The molecule has 0 saturated carbocycles. The lowest BCUT2D eigenvalue weighted by Gasteiger charge is -2.42. The van der Waals surface area contributed by atoms with Crippen LogP contribution in [-0.2, 0) is 6.54 Å². The van der Waals surface area contributed by atoms with Crippen LogP contribution in [0, 0.1) is 0 Å². The van der Waals surface area contributed by atoms with E-state index in [4.69, 9.17) is 4.42 Å². The van der Waals surface area contributed by atoms with Crippen LogP contribution in [-0.4, -0.2) is 54.4 Å². The molecule has 0 aromatic carbocycles. The van der Waals surface area contributed by atoms with Gasteiger partial charge in [-0.3, -0.25) is 14.7 Å². The van der Waals surface area contributed by atoms with Crippen LogP contribution >= 0.6 is 0 Å². The molecule has 2 atom stereocenters. The highest BCUT2D eigenvalue weighted by Crippen LogP contribution is 2.20. The molecule has 0 radical (unpaired) electrons. The number of likely N-dealkylation sites (tertiary alicyclic amines) is 1. The molecule has 1 fully saturated rings. The third-order valence-electron chi connectivity index (χ3n) is 4.60. The van der Waals surface area contributed by atoms with Gasteiger partial charge in [0.2, 0.25) is 5.89 Å². The van der Waals surface area contributed by atoms with Crippen molar-refractivity contribution in [3.63, 3.8) is 0 Å². The van der Waals surface area contributed by atoms with Gasteiger partial charge in [0.1, 0.15) is 12.8 Å². The van der Waals surface area contributed by atoms with Gasteiger partial charge in [-0.15, -0.1) is 0 Å². The molecule has 1 amide bonds. The first-order chi connectivity index (χ1) is 12.5. The summed E-state index contributed by atoms with van der Waals surface area (Å²) >= 11 is 0. The molecule has 1 aliphatic rings. The van der Waals surface area contributed by atoms with Gasteiger partial charge in [0.05, 0.1) is 18.3 Å². The molecule has 9 heteroatoms. The average Bonchev–Trinajstić information content (AvgIpc) is 3.32. The van der Waals surface area contributed by atoms with Crippen molar-refractivity contribution in [1.82, 2.24) is 24.6 Å². The molecule has 0 aliphatic carbocycles. The van der Waals surface area contributed by atoms with E-state index in [9.17, 15) is 14.7 Å². The maximum absolute atomic E-state index is 12.3. The SMILES string of the molecule is C[C@H]1[C@@H](O)CN1C(=O)c1coc(Cn2ccc(-c3cn[nH]c3)cc2=O)n1. The number of aromatic nitrogens is 4. The first-order valence-corrected chi connectivity index (χ1v) is 8.16. The van der Waals surface area contributed by atoms with Gasteiger partial charge in [-0.25, -0.2) is 4.98 Å². The molecule has 134 valence electrons. The van der Waals surface area contributed by atoms with Crippen LogP contribution in [0.2, 0.25) is 0 Å². The fraction of sp³-hybridized carbons (Fsp3) is 0.294. The van der Waals surface area contributed by atoms with Crippen LogP contribution in [0.25, 0.3) is 11.1 Å². The molecule has 26 heavy (non-hydrogen) atoms. The van der Waals surface area contributed by atoms with E-state index < -0.39 is 6.10 Å². The summed E-state index contributed by atoms with van der Waals surface area (Å²) in [6.07, 6.45) is 5.76. The molecule has 1 saturated heterocycles. The molecule has 0 unspecified atom stereocenters. The van der Waals surface area contributed by atoms with Crippen LogP contribution in [0.15, 0.2) is 46.2 Å². The normalized spacial score (nSPS) is 19.4. The topological polar surface area (TPSA) is 117 Å². The van der Waals surface area contributed by atoms with Crippen LogP contribution < -0.4 is 5.56 Å². The lowest BCUT2D eigenvalue weighted by molar-refractivity contribution is -0.0360. The van der Waals surface area contributed by atoms with Crippen LogP contribution in [0.1, 0.15) is 23.3 Å².